The van der Waals surface area contributed by atoms with E-state index < -0.39 is 23.6 Å². The topological polar surface area (TPSA) is 111 Å². The largest absolute Gasteiger partial charge is 0.461 e. The quantitative estimate of drug-likeness (QED) is 0.190. The van der Waals surface area contributed by atoms with Crippen molar-refractivity contribution in [2.75, 3.05) is 63.9 Å². The van der Waals surface area contributed by atoms with E-state index >= 15 is 4.39 Å². The Labute approximate surface area is 323 Å². The first-order valence-corrected chi connectivity index (χ1v) is 19.7. The molecule has 7 heterocycles. The molecule has 55 heavy (non-hydrogen) atoms. The molecular formula is C41H43ClF2N8O3. The number of halogens is 3. The molecule has 9 rings (SSSR count). The number of nitrogens with zero attached hydrogens (tertiary/aromatic N) is 8. The smallest absolute Gasteiger partial charge is 0.319 e. The second kappa shape index (κ2) is 14.9. The number of morpholine rings is 1. The van der Waals surface area contributed by atoms with Gasteiger partial charge < -0.3 is 19.3 Å². The lowest BCUT2D eigenvalue weighted by molar-refractivity contribution is -0.128. The Morgan fingerprint density at radius 2 is 1.91 bits per heavy atom. The van der Waals surface area contributed by atoms with Gasteiger partial charge in [-0.05, 0) is 43.7 Å². The first kappa shape index (κ1) is 36.2. The lowest BCUT2D eigenvalue weighted by Gasteiger charge is -2.41. The molecule has 0 spiro atoms. The Morgan fingerprint density at radius 3 is 2.73 bits per heavy atom. The summed E-state index contributed by atoms with van der Waals surface area (Å²) in [5.41, 5.74) is 0.186. The van der Waals surface area contributed by atoms with Gasteiger partial charge in [-0.2, -0.15) is 15.2 Å². The van der Waals surface area contributed by atoms with Gasteiger partial charge in [-0.1, -0.05) is 48.0 Å². The summed E-state index contributed by atoms with van der Waals surface area (Å²) in [6, 6.07) is 12.9. The van der Waals surface area contributed by atoms with E-state index in [0.717, 1.165) is 50.7 Å². The van der Waals surface area contributed by atoms with Crippen molar-refractivity contribution in [3.05, 3.63) is 65.6 Å². The molecule has 0 N–H and O–H groups in total. The number of carbonyl (C=O) groups is 1. The third-order valence-electron chi connectivity index (χ3n) is 12.1. The maximum Gasteiger partial charge on any atom is 0.319 e. The number of ether oxygens (including phenoxy) is 2. The Hall–Kier alpha value is -4.48. The molecule has 1 amide bonds. The zero-order chi connectivity index (χ0) is 37.7. The average molecular weight is 769 g/mol. The third kappa shape index (κ3) is 6.88. The fraction of sp³-hybridized carbons (Fsp3) is 0.488. The van der Waals surface area contributed by atoms with Gasteiger partial charge in [0.25, 0.3) is 0 Å². The van der Waals surface area contributed by atoms with Crippen molar-refractivity contribution < 1.29 is 23.0 Å². The molecule has 286 valence electrons. The molecule has 2 aromatic carbocycles. The first-order chi connectivity index (χ1) is 26.8. The summed E-state index contributed by atoms with van der Waals surface area (Å²) < 4.78 is 43.9. The van der Waals surface area contributed by atoms with Crippen LogP contribution < -0.4 is 9.64 Å². The van der Waals surface area contributed by atoms with Gasteiger partial charge in [-0.15, -0.1) is 0 Å². The highest BCUT2D eigenvalue weighted by Crippen LogP contribution is 2.41. The van der Waals surface area contributed by atoms with Gasteiger partial charge in [0.15, 0.2) is 5.82 Å². The zero-order valence-electron chi connectivity index (χ0n) is 30.5. The van der Waals surface area contributed by atoms with E-state index in [2.05, 4.69) is 25.8 Å². The minimum absolute atomic E-state index is 0.0205. The fourth-order valence-electron chi connectivity index (χ4n) is 9.52. The number of rotatable bonds is 9. The van der Waals surface area contributed by atoms with E-state index in [1.54, 1.807) is 29.3 Å². The molecule has 5 saturated heterocycles. The van der Waals surface area contributed by atoms with Crippen molar-refractivity contribution in [1.29, 1.82) is 5.26 Å². The van der Waals surface area contributed by atoms with E-state index in [0.29, 0.717) is 59.8 Å². The van der Waals surface area contributed by atoms with E-state index in [4.69, 9.17) is 26.1 Å². The normalized spacial score (nSPS) is 27.0. The summed E-state index contributed by atoms with van der Waals surface area (Å²) in [4.78, 5) is 35.8. The van der Waals surface area contributed by atoms with Gasteiger partial charge in [0, 0.05) is 80.5 Å². The van der Waals surface area contributed by atoms with Crippen LogP contribution in [0, 0.1) is 17.1 Å². The van der Waals surface area contributed by atoms with E-state index in [1.165, 1.54) is 0 Å². The SMILES string of the molecule is N#CC[C@H]1CN(c2nc(OC[C@@]34CCCN3CC(F)C4)nc3c(F)c(-c4cccc5cccc(Cl)c45)ncc23)CCN1C(=O)/C=C/CN1CC2CCC(C1)O2. The average Bonchev–Trinajstić information content (AvgIpc) is 3.84. The number of anilines is 1. The Balaban J connectivity index is 1.03. The van der Waals surface area contributed by atoms with E-state index in [-0.39, 0.29) is 54.9 Å². The summed E-state index contributed by atoms with van der Waals surface area (Å²) in [5, 5.41) is 12.2. The maximum atomic E-state index is 17.0. The van der Waals surface area contributed by atoms with Crippen molar-refractivity contribution in [2.24, 2.45) is 0 Å². The third-order valence-corrected chi connectivity index (χ3v) is 12.4. The number of benzene rings is 2. The molecule has 0 saturated carbocycles. The highest BCUT2D eigenvalue weighted by molar-refractivity contribution is 6.36. The Bertz CT molecular complexity index is 2190. The van der Waals surface area contributed by atoms with Crippen molar-refractivity contribution in [3.63, 3.8) is 0 Å². The number of nitriles is 1. The molecule has 11 nitrogen and oxygen atoms in total. The standard InChI is InChI=1S/C41H43ClF2N8O3/c42-33-8-2-6-26-5-1-7-31(35(26)33)37-36(44)38-32(20-46-37)39(48-40(47-38)54-25-41-13-4-16-51(41)21-27(43)19-41)50-17-18-52(28(22-50)12-14-45)34(53)9-3-15-49-23-29-10-11-30(24-49)55-29/h1-3,5-9,20,27-30H,4,10-13,15-19,21-25H2/b9-3+/t27?,28-,29?,30?,41-/m0/s1. The van der Waals surface area contributed by atoms with Crippen LogP contribution in [0.15, 0.2) is 54.7 Å². The number of piperazine rings is 1. The predicted octanol–water partition coefficient (Wildman–Crippen LogP) is 5.94. The van der Waals surface area contributed by atoms with Gasteiger partial charge in [0.05, 0.1) is 41.7 Å². The number of aromatic nitrogens is 3. The van der Waals surface area contributed by atoms with Gasteiger partial charge in [0.1, 0.15) is 29.8 Å². The number of hydrogen-bond acceptors (Lipinski definition) is 10. The van der Waals surface area contributed by atoms with Crippen LogP contribution in [-0.2, 0) is 9.53 Å². The molecule has 5 aliphatic rings. The molecule has 5 atom stereocenters. The minimum Gasteiger partial charge on any atom is -0.461 e. The Morgan fingerprint density at radius 1 is 1.09 bits per heavy atom. The summed E-state index contributed by atoms with van der Waals surface area (Å²) in [7, 11) is 0. The van der Waals surface area contributed by atoms with Crippen LogP contribution in [0.4, 0.5) is 14.6 Å². The van der Waals surface area contributed by atoms with Crippen LogP contribution in [0.2, 0.25) is 5.02 Å². The summed E-state index contributed by atoms with van der Waals surface area (Å²) in [6.07, 6.45) is 9.08. The maximum absolute atomic E-state index is 17.0. The molecular weight excluding hydrogens is 726 g/mol. The number of pyridine rings is 1. The van der Waals surface area contributed by atoms with Crippen LogP contribution in [0.3, 0.4) is 0 Å². The van der Waals surface area contributed by atoms with Crippen LogP contribution in [0.25, 0.3) is 32.9 Å². The molecule has 2 aromatic heterocycles. The summed E-state index contributed by atoms with van der Waals surface area (Å²) in [5.74, 6) is -0.400. The van der Waals surface area contributed by atoms with Crippen LogP contribution in [0.5, 0.6) is 6.01 Å². The van der Waals surface area contributed by atoms with Gasteiger partial charge in [0.2, 0.25) is 5.91 Å². The molecule has 14 heteroatoms. The van der Waals surface area contributed by atoms with Crippen molar-refractivity contribution in [1.82, 2.24) is 29.7 Å². The number of alkyl halides is 1. The fourth-order valence-corrected chi connectivity index (χ4v) is 9.80. The highest BCUT2D eigenvalue weighted by Gasteiger charge is 2.49. The lowest BCUT2D eigenvalue weighted by atomic mass is 9.95. The van der Waals surface area contributed by atoms with E-state index in [1.807, 2.05) is 35.2 Å². The first-order valence-electron chi connectivity index (χ1n) is 19.3. The number of carbonyl (C=O) groups excluding carboxylic acids is 1. The van der Waals surface area contributed by atoms with E-state index in [9.17, 15) is 14.4 Å². The second-order valence-corrected chi connectivity index (χ2v) is 16.0. The number of fused-ring (bicyclic) bond motifs is 5. The van der Waals surface area contributed by atoms with Crippen molar-refractivity contribution in [2.45, 2.75) is 68.5 Å². The molecule has 2 bridgehead atoms. The second-order valence-electron chi connectivity index (χ2n) is 15.6. The van der Waals surface area contributed by atoms with Gasteiger partial charge in [-0.25, -0.2) is 8.78 Å². The number of likely N-dealkylation sites (tertiary alicyclic amines) is 1. The van der Waals surface area contributed by atoms with Gasteiger partial charge >= 0.3 is 6.01 Å². The summed E-state index contributed by atoms with van der Waals surface area (Å²) in [6.45, 7) is 4.74. The van der Waals surface area contributed by atoms with Gasteiger partial charge in [-0.3, -0.25) is 19.6 Å². The van der Waals surface area contributed by atoms with Crippen LogP contribution in [0.1, 0.15) is 38.5 Å². The predicted molar refractivity (Wildman–Crippen MR) is 205 cm³/mol. The molecule has 5 aliphatic heterocycles. The molecule has 3 unspecified atom stereocenters. The lowest BCUT2D eigenvalue weighted by Crippen LogP contribution is -2.55. The Kier molecular flexibility index (Phi) is 9.79. The highest BCUT2D eigenvalue weighted by atomic mass is 35.5. The monoisotopic (exact) mass is 768 g/mol. The molecule has 4 aromatic rings. The van der Waals surface area contributed by atoms with Crippen molar-refractivity contribution in [3.8, 4) is 23.3 Å². The minimum atomic E-state index is -0.934. The number of hydrogen-bond donors (Lipinski definition) is 0. The van der Waals surface area contributed by atoms with Crippen molar-refractivity contribution >= 4 is 45.0 Å². The summed E-state index contributed by atoms with van der Waals surface area (Å²) >= 11 is 6.65. The molecule has 0 aliphatic carbocycles. The number of amides is 1. The zero-order valence-corrected chi connectivity index (χ0v) is 31.3. The van der Waals surface area contributed by atoms with Crippen LogP contribution in [-0.4, -0.2) is 124 Å². The molecule has 5 fully saturated rings. The van der Waals surface area contributed by atoms with Crippen LogP contribution >= 0.6 is 11.6 Å². The molecule has 0 radical (unpaired) electrons.